The highest BCUT2D eigenvalue weighted by Crippen LogP contribution is 2.16. The quantitative estimate of drug-likeness (QED) is 0.263. The smallest absolute Gasteiger partial charge is 0.127 e. The highest BCUT2D eigenvalue weighted by Gasteiger charge is 2.24. The van der Waals surface area contributed by atoms with E-state index >= 15 is 0 Å². The first-order chi connectivity index (χ1) is 10.7. The van der Waals surface area contributed by atoms with Gasteiger partial charge in [-0.15, -0.1) is 0 Å². The zero-order chi connectivity index (χ0) is 17.1. The molecular formula is C19H40NO2+. The molecule has 0 bridgehead atoms. The molecule has 0 spiro atoms. The Bertz CT molecular complexity index is 198. The summed E-state index contributed by atoms with van der Waals surface area (Å²) in [6.45, 7) is 15.0. The van der Waals surface area contributed by atoms with Crippen LogP contribution in [0.2, 0.25) is 0 Å². The first kappa shape index (κ1) is 23.6. The summed E-state index contributed by atoms with van der Waals surface area (Å²) >= 11 is 0. The lowest BCUT2D eigenvalue weighted by molar-refractivity contribution is -0.929. The molecule has 0 unspecified atom stereocenters. The molecule has 0 radical (unpaired) electrons. The molecule has 132 valence electrons. The van der Waals surface area contributed by atoms with Crippen molar-refractivity contribution in [3.63, 3.8) is 0 Å². The van der Waals surface area contributed by atoms with E-state index < -0.39 is 0 Å². The lowest BCUT2D eigenvalue weighted by Gasteiger charge is -2.39. The van der Waals surface area contributed by atoms with Crippen LogP contribution in [0.1, 0.15) is 85.5 Å². The fraction of sp³-hybridized carbons (Fsp3) is 0.895. The average molecular weight is 315 g/mol. The summed E-state index contributed by atoms with van der Waals surface area (Å²) in [7, 11) is 0. The molecule has 0 rings (SSSR count). The van der Waals surface area contributed by atoms with Gasteiger partial charge in [0, 0.05) is 0 Å². The first-order valence-electron chi connectivity index (χ1n) is 9.38. The van der Waals surface area contributed by atoms with Crippen LogP contribution in [0.5, 0.6) is 0 Å². The molecule has 22 heavy (non-hydrogen) atoms. The second-order valence-corrected chi connectivity index (χ2v) is 6.22. The highest BCUT2D eigenvalue weighted by atomic mass is 16.1. The van der Waals surface area contributed by atoms with Gasteiger partial charge in [0.25, 0.3) is 0 Å². The Kier molecular flexibility index (Phi) is 19.7. The average Bonchev–Trinajstić information content (AvgIpc) is 2.55. The Morgan fingerprint density at radius 1 is 0.591 bits per heavy atom. The van der Waals surface area contributed by atoms with Crippen molar-refractivity contribution < 1.29 is 14.1 Å². The van der Waals surface area contributed by atoms with Crippen LogP contribution in [0.15, 0.2) is 0 Å². The van der Waals surface area contributed by atoms with Gasteiger partial charge in [-0.05, 0) is 25.7 Å². The number of aldehydes is 2. The van der Waals surface area contributed by atoms with Gasteiger partial charge in [0.15, 0.2) is 0 Å². The molecule has 0 aromatic carbocycles. The van der Waals surface area contributed by atoms with E-state index in [9.17, 15) is 9.59 Å². The third-order valence-electron chi connectivity index (χ3n) is 4.14. The van der Waals surface area contributed by atoms with Crippen molar-refractivity contribution in [2.45, 2.75) is 85.5 Å². The van der Waals surface area contributed by atoms with Crippen LogP contribution in [0, 0.1) is 0 Å². The first-order valence-corrected chi connectivity index (χ1v) is 9.38. The van der Waals surface area contributed by atoms with Crippen LogP contribution in [-0.4, -0.2) is 43.2 Å². The molecule has 0 fully saturated rings. The van der Waals surface area contributed by atoms with E-state index in [4.69, 9.17) is 0 Å². The predicted molar refractivity (Wildman–Crippen MR) is 96.1 cm³/mol. The van der Waals surface area contributed by atoms with Crippen LogP contribution in [0.4, 0.5) is 0 Å². The summed E-state index contributed by atoms with van der Waals surface area (Å²) in [5.41, 5.74) is 0. The molecule has 0 atom stereocenters. The van der Waals surface area contributed by atoms with Gasteiger partial charge in [0.1, 0.15) is 12.6 Å². The molecular weight excluding hydrogens is 274 g/mol. The Balaban J connectivity index is 0. The lowest BCUT2D eigenvalue weighted by atomic mass is 10.1. The summed E-state index contributed by atoms with van der Waals surface area (Å²) in [6.07, 6.45) is 12.2. The molecule has 0 saturated heterocycles. The van der Waals surface area contributed by atoms with Gasteiger partial charge in [-0.1, -0.05) is 53.4 Å². The molecule has 3 heteroatoms. The van der Waals surface area contributed by atoms with E-state index in [1.165, 1.54) is 82.0 Å². The zero-order valence-electron chi connectivity index (χ0n) is 15.6. The summed E-state index contributed by atoms with van der Waals surface area (Å²) in [4.78, 5) is 18.3. The van der Waals surface area contributed by atoms with Crippen molar-refractivity contribution in [2.24, 2.45) is 0 Å². The van der Waals surface area contributed by atoms with Gasteiger partial charge in [0.2, 0.25) is 0 Å². The molecule has 0 saturated carbocycles. The third kappa shape index (κ3) is 14.2. The number of hydrogen-bond donors (Lipinski definition) is 0. The van der Waals surface area contributed by atoms with Crippen molar-refractivity contribution in [1.82, 2.24) is 0 Å². The maximum atomic E-state index is 9.17. The molecule has 0 aliphatic heterocycles. The number of unbranched alkanes of at least 4 members (excludes halogenated alkanes) is 4. The summed E-state index contributed by atoms with van der Waals surface area (Å²) in [6, 6.07) is 0. The number of hydrogen-bond acceptors (Lipinski definition) is 2. The third-order valence-corrected chi connectivity index (χ3v) is 4.14. The minimum absolute atomic E-state index is 0.0278. The minimum Gasteiger partial charge on any atom is -0.324 e. The minimum atomic E-state index is 0.0278. The van der Waals surface area contributed by atoms with Gasteiger partial charge in [-0.3, -0.25) is 0 Å². The van der Waals surface area contributed by atoms with Crippen LogP contribution in [-0.2, 0) is 9.59 Å². The Hall–Kier alpha value is -0.700. The molecule has 3 nitrogen and oxygen atoms in total. The van der Waals surface area contributed by atoms with Gasteiger partial charge < -0.3 is 14.1 Å². The van der Waals surface area contributed by atoms with Crippen molar-refractivity contribution in [3.8, 4) is 0 Å². The maximum Gasteiger partial charge on any atom is 0.127 e. The normalized spacial score (nSPS) is 10.7. The highest BCUT2D eigenvalue weighted by molar-refractivity contribution is 5.72. The number of nitrogens with zero attached hydrogens (tertiary/aromatic N) is 1. The van der Waals surface area contributed by atoms with E-state index in [0.29, 0.717) is 12.6 Å². The number of carbonyl (C=O) groups excluding carboxylic acids is 2. The summed E-state index contributed by atoms with van der Waals surface area (Å²) in [5, 5.41) is 0. The molecule has 0 aromatic rings. The number of carbonyl (C=O) groups is 2. The SMILES string of the molecule is CCCC[N+](CCCC)(CCCC)CCCC.O=CCC=O. The van der Waals surface area contributed by atoms with E-state index in [-0.39, 0.29) is 6.42 Å². The molecule has 0 aliphatic carbocycles. The van der Waals surface area contributed by atoms with E-state index in [1.54, 1.807) is 0 Å². The summed E-state index contributed by atoms with van der Waals surface area (Å²) < 4.78 is 1.42. The standard InChI is InChI=1S/C16H36N.C3H4O2/c1-5-9-13-17(14-10-6-2,15-11-7-3)16-12-8-4;4-2-1-3-5/h5-16H2,1-4H3;2-3H,1H2/q+1;. The molecule has 0 amide bonds. The molecule has 0 aromatic heterocycles. The maximum absolute atomic E-state index is 9.17. The van der Waals surface area contributed by atoms with Crippen molar-refractivity contribution in [1.29, 1.82) is 0 Å². The lowest BCUT2D eigenvalue weighted by Crippen LogP contribution is -2.50. The zero-order valence-corrected chi connectivity index (χ0v) is 15.6. The molecule has 0 heterocycles. The van der Waals surface area contributed by atoms with Gasteiger partial charge in [-0.2, -0.15) is 0 Å². The van der Waals surface area contributed by atoms with Gasteiger partial charge in [-0.25, -0.2) is 0 Å². The van der Waals surface area contributed by atoms with Crippen LogP contribution in [0.3, 0.4) is 0 Å². The van der Waals surface area contributed by atoms with Crippen LogP contribution >= 0.6 is 0 Å². The molecule has 0 aliphatic rings. The van der Waals surface area contributed by atoms with E-state index in [0.717, 1.165) is 0 Å². The van der Waals surface area contributed by atoms with Gasteiger partial charge >= 0.3 is 0 Å². The van der Waals surface area contributed by atoms with Crippen molar-refractivity contribution in [3.05, 3.63) is 0 Å². The predicted octanol–water partition coefficient (Wildman–Crippen LogP) is 4.78. The van der Waals surface area contributed by atoms with E-state index in [2.05, 4.69) is 27.7 Å². The second-order valence-electron chi connectivity index (χ2n) is 6.22. The number of quaternary nitrogens is 1. The fourth-order valence-electron chi connectivity index (χ4n) is 2.68. The van der Waals surface area contributed by atoms with Crippen LogP contribution < -0.4 is 0 Å². The van der Waals surface area contributed by atoms with Gasteiger partial charge in [0.05, 0.1) is 32.6 Å². The van der Waals surface area contributed by atoms with E-state index in [1.807, 2.05) is 0 Å². The largest absolute Gasteiger partial charge is 0.324 e. The van der Waals surface area contributed by atoms with Crippen molar-refractivity contribution in [2.75, 3.05) is 26.2 Å². The Morgan fingerprint density at radius 3 is 1.00 bits per heavy atom. The second kappa shape index (κ2) is 18.3. The number of rotatable bonds is 14. The van der Waals surface area contributed by atoms with Crippen LogP contribution in [0.25, 0.3) is 0 Å². The fourth-order valence-corrected chi connectivity index (χ4v) is 2.68. The molecule has 0 N–H and O–H groups in total. The monoisotopic (exact) mass is 314 g/mol. The Morgan fingerprint density at radius 2 is 0.864 bits per heavy atom. The summed E-state index contributed by atoms with van der Waals surface area (Å²) in [5.74, 6) is 0. The topological polar surface area (TPSA) is 34.1 Å². The van der Waals surface area contributed by atoms with Crippen molar-refractivity contribution >= 4 is 12.6 Å². The Labute approximate surface area is 139 Å².